The molecule has 0 aromatic carbocycles. The van der Waals surface area contributed by atoms with Crippen LogP contribution in [0.25, 0.3) is 0 Å². The highest BCUT2D eigenvalue weighted by Gasteiger charge is 2.43. The lowest BCUT2D eigenvalue weighted by molar-refractivity contribution is 0.258. The van der Waals surface area contributed by atoms with Crippen LogP contribution in [0, 0.1) is 5.41 Å². The SMILES string of the molecule is CN(Cc1cccs1)CC1(CC(N)=NO)CC1. The van der Waals surface area contributed by atoms with E-state index in [-0.39, 0.29) is 5.41 Å². The maximum Gasteiger partial charge on any atom is 0.139 e. The van der Waals surface area contributed by atoms with Crippen LogP contribution in [0.2, 0.25) is 0 Å². The second-order valence-corrected chi connectivity index (χ2v) is 6.05. The van der Waals surface area contributed by atoms with Gasteiger partial charge in [0.15, 0.2) is 0 Å². The summed E-state index contributed by atoms with van der Waals surface area (Å²) in [5, 5.41) is 13.8. The Kier molecular flexibility index (Phi) is 3.69. The van der Waals surface area contributed by atoms with Gasteiger partial charge < -0.3 is 15.8 Å². The molecule has 1 aromatic heterocycles. The van der Waals surface area contributed by atoms with Gasteiger partial charge in [-0.2, -0.15) is 0 Å². The van der Waals surface area contributed by atoms with Crippen LogP contribution in [-0.4, -0.2) is 29.5 Å². The Balaban J connectivity index is 1.84. The van der Waals surface area contributed by atoms with Gasteiger partial charge in [0, 0.05) is 24.4 Å². The van der Waals surface area contributed by atoms with E-state index < -0.39 is 0 Å². The molecule has 3 N–H and O–H groups in total. The number of hydrogen-bond donors (Lipinski definition) is 2. The van der Waals surface area contributed by atoms with Crippen molar-refractivity contribution in [1.29, 1.82) is 0 Å². The first-order chi connectivity index (χ1) is 8.13. The van der Waals surface area contributed by atoms with Crippen molar-refractivity contribution < 1.29 is 5.21 Å². The molecular formula is C12H19N3OS. The van der Waals surface area contributed by atoms with Crippen LogP contribution in [-0.2, 0) is 6.54 Å². The summed E-state index contributed by atoms with van der Waals surface area (Å²) < 4.78 is 0. The summed E-state index contributed by atoms with van der Waals surface area (Å²) in [7, 11) is 2.13. The van der Waals surface area contributed by atoms with E-state index in [1.165, 1.54) is 17.7 Å². The minimum atomic E-state index is 0.252. The van der Waals surface area contributed by atoms with Crippen LogP contribution in [0.1, 0.15) is 24.1 Å². The van der Waals surface area contributed by atoms with Gasteiger partial charge in [0.05, 0.1) is 0 Å². The Bertz CT molecular complexity index is 384. The monoisotopic (exact) mass is 253 g/mol. The third-order valence-electron chi connectivity index (χ3n) is 3.25. The van der Waals surface area contributed by atoms with Crippen molar-refractivity contribution in [2.45, 2.75) is 25.8 Å². The first-order valence-electron chi connectivity index (χ1n) is 5.81. The summed E-state index contributed by atoms with van der Waals surface area (Å²) in [6, 6.07) is 4.24. The average Bonchev–Trinajstić information content (AvgIpc) is 2.83. The third-order valence-corrected chi connectivity index (χ3v) is 4.11. The van der Waals surface area contributed by atoms with Gasteiger partial charge in [-0.05, 0) is 36.8 Å². The van der Waals surface area contributed by atoms with Crippen molar-refractivity contribution in [3.8, 4) is 0 Å². The van der Waals surface area contributed by atoms with E-state index >= 15 is 0 Å². The first kappa shape index (κ1) is 12.4. The summed E-state index contributed by atoms with van der Waals surface area (Å²) in [5.74, 6) is 0.354. The Morgan fingerprint density at radius 3 is 2.94 bits per heavy atom. The zero-order valence-electron chi connectivity index (χ0n) is 10.1. The summed E-state index contributed by atoms with van der Waals surface area (Å²) in [5.41, 5.74) is 5.85. The second kappa shape index (κ2) is 5.06. The zero-order chi connectivity index (χ0) is 12.3. The fourth-order valence-corrected chi connectivity index (χ4v) is 3.07. The minimum Gasteiger partial charge on any atom is -0.409 e. The molecule has 0 spiro atoms. The van der Waals surface area contributed by atoms with E-state index in [1.54, 1.807) is 11.3 Å². The molecule has 0 aliphatic heterocycles. The fourth-order valence-electron chi connectivity index (χ4n) is 2.28. The molecule has 0 bridgehead atoms. The highest BCUT2D eigenvalue weighted by atomic mass is 32.1. The molecule has 1 fully saturated rings. The van der Waals surface area contributed by atoms with Gasteiger partial charge in [-0.25, -0.2) is 0 Å². The molecule has 1 saturated carbocycles. The third kappa shape index (κ3) is 3.44. The second-order valence-electron chi connectivity index (χ2n) is 5.02. The number of hydrogen-bond acceptors (Lipinski definition) is 4. The summed E-state index contributed by atoms with van der Waals surface area (Å²) in [4.78, 5) is 3.70. The van der Waals surface area contributed by atoms with Crippen molar-refractivity contribution in [2.75, 3.05) is 13.6 Å². The predicted octanol–water partition coefficient (Wildman–Crippen LogP) is 2.10. The first-order valence-corrected chi connectivity index (χ1v) is 6.69. The summed E-state index contributed by atoms with van der Waals surface area (Å²) in [6.07, 6.45) is 3.06. The lowest BCUT2D eigenvalue weighted by atomic mass is 10.0. The van der Waals surface area contributed by atoms with E-state index in [1.807, 2.05) is 0 Å². The summed E-state index contributed by atoms with van der Waals surface area (Å²) in [6.45, 7) is 2.00. The maximum atomic E-state index is 8.62. The molecule has 0 atom stereocenters. The predicted molar refractivity (Wildman–Crippen MR) is 70.3 cm³/mol. The van der Waals surface area contributed by atoms with E-state index in [2.05, 4.69) is 34.6 Å². The quantitative estimate of drug-likeness (QED) is 0.353. The molecule has 0 radical (unpaired) electrons. The van der Waals surface area contributed by atoms with Crippen molar-refractivity contribution in [2.24, 2.45) is 16.3 Å². The molecule has 1 heterocycles. The smallest absolute Gasteiger partial charge is 0.139 e. The molecular weight excluding hydrogens is 234 g/mol. The Labute approximate surface area is 106 Å². The van der Waals surface area contributed by atoms with Gasteiger partial charge >= 0.3 is 0 Å². The average molecular weight is 253 g/mol. The molecule has 0 unspecified atom stereocenters. The van der Waals surface area contributed by atoms with Gasteiger partial charge in [-0.15, -0.1) is 11.3 Å². The number of oxime groups is 1. The van der Waals surface area contributed by atoms with Crippen LogP contribution in [0.4, 0.5) is 0 Å². The minimum absolute atomic E-state index is 0.252. The lowest BCUT2D eigenvalue weighted by Gasteiger charge is -2.22. The highest BCUT2D eigenvalue weighted by Crippen LogP contribution is 2.49. The standard InChI is InChI=1S/C12H19N3OS/c1-15(8-10-3-2-6-17-10)9-12(4-5-12)7-11(13)14-16/h2-3,6,16H,4-5,7-9H2,1H3,(H2,13,14). The van der Waals surface area contributed by atoms with Crippen molar-refractivity contribution in [3.63, 3.8) is 0 Å². The molecule has 0 saturated heterocycles. The van der Waals surface area contributed by atoms with Crippen LogP contribution in [0.3, 0.4) is 0 Å². The Morgan fingerprint density at radius 1 is 1.65 bits per heavy atom. The molecule has 5 heteroatoms. The van der Waals surface area contributed by atoms with Crippen LogP contribution in [0.5, 0.6) is 0 Å². The molecule has 0 amide bonds. The van der Waals surface area contributed by atoms with E-state index in [0.717, 1.165) is 13.1 Å². The van der Waals surface area contributed by atoms with Crippen molar-refractivity contribution in [3.05, 3.63) is 22.4 Å². The topological polar surface area (TPSA) is 61.8 Å². The molecule has 2 rings (SSSR count). The van der Waals surface area contributed by atoms with Crippen molar-refractivity contribution in [1.82, 2.24) is 4.90 Å². The molecule has 1 aliphatic carbocycles. The highest BCUT2D eigenvalue weighted by molar-refractivity contribution is 7.09. The number of rotatable bonds is 6. The maximum absolute atomic E-state index is 8.62. The number of amidine groups is 1. The summed E-state index contributed by atoms with van der Waals surface area (Å²) >= 11 is 1.79. The van der Waals surface area contributed by atoms with E-state index in [9.17, 15) is 0 Å². The van der Waals surface area contributed by atoms with Crippen molar-refractivity contribution >= 4 is 17.2 Å². The Hall–Kier alpha value is -1.07. The van der Waals surface area contributed by atoms with Crippen LogP contribution < -0.4 is 5.73 Å². The van der Waals surface area contributed by atoms with Crippen LogP contribution >= 0.6 is 11.3 Å². The number of nitrogens with two attached hydrogens (primary N) is 1. The number of thiophene rings is 1. The van der Waals surface area contributed by atoms with E-state index in [0.29, 0.717) is 12.3 Å². The van der Waals surface area contributed by atoms with Gasteiger partial charge in [0.2, 0.25) is 0 Å². The molecule has 17 heavy (non-hydrogen) atoms. The normalized spacial score (nSPS) is 18.6. The molecule has 1 aliphatic rings. The fraction of sp³-hybridized carbons (Fsp3) is 0.583. The largest absolute Gasteiger partial charge is 0.409 e. The Morgan fingerprint density at radius 2 is 2.41 bits per heavy atom. The zero-order valence-corrected chi connectivity index (χ0v) is 10.9. The van der Waals surface area contributed by atoms with Gasteiger partial charge in [0.1, 0.15) is 5.84 Å². The van der Waals surface area contributed by atoms with Gasteiger partial charge in [-0.3, -0.25) is 0 Å². The number of nitrogens with zero attached hydrogens (tertiary/aromatic N) is 2. The van der Waals surface area contributed by atoms with Crippen LogP contribution in [0.15, 0.2) is 22.7 Å². The van der Waals surface area contributed by atoms with Gasteiger partial charge in [0.25, 0.3) is 0 Å². The molecule has 4 nitrogen and oxygen atoms in total. The van der Waals surface area contributed by atoms with Gasteiger partial charge in [-0.1, -0.05) is 11.2 Å². The lowest BCUT2D eigenvalue weighted by Crippen LogP contribution is -2.29. The molecule has 94 valence electrons. The van der Waals surface area contributed by atoms with E-state index in [4.69, 9.17) is 10.9 Å². The molecule has 1 aromatic rings.